The van der Waals surface area contributed by atoms with Crippen LogP contribution >= 0.6 is 34.5 Å². The molecule has 3 aromatic carbocycles. The Morgan fingerprint density at radius 3 is 2.58 bits per heavy atom. The van der Waals surface area contributed by atoms with E-state index in [1.807, 2.05) is 0 Å². The second kappa shape index (κ2) is 9.78. The van der Waals surface area contributed by atoms with Crippen molar-refractivity contribution in [2.24, 2.45) is 0 Å². The van der Waals surface area contributed by atoms with E-state index in [0.717, 1.165) is 4.70 Å². The lowest BCUT2D eigenvalue weighted by Gasteiger charge is -2.23. The van der Waals surface area contributed by atoms with Gasteiger partial charge in [0.25, 0.3) is 5.78 Å². The van der Waals surface area contributed by atoms with Crippen LogP contribution in [-0.2, 0) is 9.59 Å². The smallest absolute Gasteiger partial charge is 0.301 e. The number of halogens is 2. The van der Waals surface area contributed by atoms with Crippen molar-refractivity contribution in [2.75, 3.05) is 11.5 Å². The molecule has 0 saturated carbocycles. The Morgan fingerprint density at radius 2 is 1.83 bits per heavy atom. The SMILES string of the molecule is C=CCOc1cccc(C2/C(=C(\O)c3ccc(Cl)cc3)C(=O)C(=O)N2c2nc3ccc(Cl)cc3s2)c1. The Bertz CT molecular complexity index is 1550. The maximum Gasteiger partial charge on any atom is 0.301 e. The van der Waals surface area contributed by atoms with Crippen LogP contribution in [-0.4, -0.2) is 28.4 Å². The van der Waals surface area contributed by atoms with Gasteiger partial charge in [-0.2, -0.15) is 0 Å². The molecule has 4 aromatic rings. The Hall–Kier alpha value is -3.65. The van der Waals surface area contributed by atoms with Gasteiger partial charge in [-0.15, -0.1) is 0 Å². The molecule has 0 aliphatic carbocycles. The van der Waals surface area contributed by atoms with E-state index in [1.54, 1.807) is 72.8 Å². The number of benzene rings is 3. The number of ketones is 1. The highest BCUT2D eigenvalue weighted by Gasteiger charge is 2.48. The fraction of sp³-hybridized carbons (Fsp3) is 0.0741. The van der Waals surface area contributed by atoms with Gasteiger partial charge in [0.15, 0.2) is 5.13 Å². The molecule has 1 saturated heterocycles. The number of aliphatic hydroxyl groups excluding tert-OH is 1. The first-order valence-electron chi connectivity index (χ1n) is 10.8. The van der Waals surface area contributed by atoms with Gasteiger partial charge in [0.05, 0.1) is 21.8 Å². The quantitative estimate of drug-likeness (QED) is 0.127. The van der Waals surface area contributed by atoms with E-state index in [1.165, 1.54) is 16.2 Å². The molecule has 0 spiro atoms. The van der Waals surface area contributed by atoms with Crippen molar-refractivity contribution in [3.05, 3.63) is 106 Å². The molecule has 1 aliphatic heterocycles. The van der Waals surface area contributed by atoms with Gasteiger partial charge in [-0.1, -0.05) is 59.3 Å². The summed E-state index contributed by atoms with van der Waals surface area (Å²) in [6.07, 6.45) is 1.62. The summed E-state index contributed by atoms with van der Waals surface area (Å²) < 4.78 is 6.44. The highest BCUT2D eigenvalue weighted by atomic mass is 35.5. The fourth-order valence-electron chi connectivity index (χ4n) is 4.03. The van der Waals surface area contributed by atoms with Crippen molar-refractivity contribution in [1.82, 2.24) is 4.98 Å². The molecule has 1 aromatic heterocycles. The van der Waals surface area contributed by atoms with Crippen LogP contribution in [0.1, 0.15) is 17.2 Å². The van der Waals surface area contributed by atoms with Crippen molar-refractivity contribution in [2.45, 2.75) is 6.04 Å². The number of Topliss-reactive ketones (excluding diaryl/α,β-unsaturated/α-hetero) is 1. The Morgan fingerprint density at radius 1 is 1.08 bits per heavy atom. The third kappa shape index (κ3) is 4.37. The summed E-state index contributed by atoms with van der Waals surface area (Å²) in [5.41, 5.74) is 1.52. The zero-order valence-corrected chi connectivity index (χ0v) is 21.0. The topological polar surface area (TPSA) is 79.7 Å². The van der Waals surface area contributed by atoms with Crippen LogP contribution in [0.4, 0.5) is 5.13 Å². The lowest BCUT2D eigenvalue weighted by molar-refractivity contribution is -0.132. The number of hydrogen-bond acceptors (Lipinski definition) is 6. The molecule has 2 heterocycles. The third-order valence-electron chi connectivity index (χ3n) is 5.65. The van der Waals surface area contributed by atoms with E-state index in [0.29, 0.717) is 37.6 Å². The number of aromatic nitrogens is 1. The van der Waals surface area contributed by atoms with E-state index in [2.05, 4.69) is 11.6 Å². The lowest BCUT2D eigenvalue weighted by Crippen LogP contribution is -2.29. The normalized spacial score (nSPS) is 17.1. The number of anilines is 1. The Kier molecular flexibility index (Phi) is 6.53. The van der Waals surface area contributed by atoms with E-state index in [4.69, 9.17) is 27.9 Å². The third-order valence-corrected chi connectivity index (χ3v) is 7.15. The largest absolute Gasteiger partial charge is 0.507 e. The van der Waals surface area contributed by atoms with E-state index >= 15 is 0 Å². The van der Waals surface area contributed by atoms with Crippen LogP contribution in [0.25, 0.3) is 16.0 Å². The predicted molar refractivity (Wildman–Crippen MR) is 143 cm³/mol. The van der Waals surface area contributed by atoms with Crippen molar-refractivity contribution in [1.29, 1.82) is 0 Å². The molecule has 1 unspecified atom stereocenters. The number of hydrogen-bond donors (Lipinski definition) is 1. The van der Waals surface area contributed by atoms with Gasteiger partial charge in [-0.3, -0.25) is 14.5 Å². The molecule has 0 bridgehead atoms. The molecule has 1 amide bonds. The van der Waals surface area contributed by atoms with Gasteiger partial charge in [-0.25, -0.2) is 4.98 Å². The molecule has 1 N–H and O–H groups in total. The van der Waals surface area contributed by atoms with Gasteiger partial charge in [-0.05, 0) is 60.2 Å². The van der Waals surface area contributed by atoms with E-state index < -0.39 is 17.7 Å². The van der Waals surface area contributed by atoms with Gasteiger partial charge in [0.2, 0.25) is 0 Å². The summed E-state index contributed by atoms with van der Waals surface area (Å²) in [7, 11) is 0. The van der Waals surface area contributed by atoms with E-state index in [9.17, 15) is 14.7 Å². The second-order valence-electron chi connectivity index (χ2n) is 7.96. The number of fused-ring (bicyclic) bond motifs is 1. The number of aliphatic hydroxyl groups is 1. The van der Waals surface area contributed by atoms with Crippen LogP contribution in [0.3, 0.4) is 0 Å². The molecule has 1 aliphatic rings. The van der Waals surface area contributed by atoms with Crippen LogP contribution in [0, 0.1) is 0 Å². The predicted octanol–water partition coefficient (Wildman–Crippen LogP) is 6.79. The monoisotopic (exact) mass is 536 g/mol. The van der Waals surface area contributed by atoms with Crippen molar-refractivity contribution < 1.29 is 19.4 Å². The molecular formula is C27H18Cl2N2O4S. The number of rotatable bonds is 6. The fourth-order valence-corrected chi connectivity index (χ4v) is 5.42. The minimum atomic E-state index is -0.941. The Labute approximate surface area is 220 Å². The van der Waals surface area contributed by atoms with Crippen LogP contribution < -0.4 is 9.64 Å². The van der Waals surface area contributed by atoms with Gasteiger partial charge < -0.3 is 9.84 Å². The highest BCUT2D eigenvalue weighted by Crippen LogP contribution is 2.45. The number of nitrogens with zero attached hydrogens (tertiary/aromatic N) is 2. The van der Waals surface area contributed by atoms with E-state index in [-0.39, 0.29) is 17.9 Å². The minimum Gasteiger partial charge on any atom is -0.507 e. The highest BCUT2D eigenvalue weighted by molar-refractivity contribution is 7.22. The molecule has 5 rings (SSSR count). The van der Waals surface area contributed by atoms with Gasteiger partial charge >= 0.3 is 5.91 Å². The molecule has 36 heavy (non-hydrogen) atoms. The molecule has 1 atom stereocenters. The number of thiazole rings is 1. The number of amides is 1. The van der Waals surface area contributed by atoms with Gasteiger partial charge in [0, 0.05) is 15.6 Å². The van der Waals surface area contributed by atoms with Crippen molar-refractivity contribution in [3.8, 4) is 5.75 Å². The standard InChI is InChI=1S/C27H18Cl2N2O4S/c1-2-12-35-19-5-3-4-16(13-19)23-22(24(32)15-6-8-17(28)9-7-15)25(33)26(34)31(23)27-30-20-11-10-18(29)14-21(20)36-27/h2-11,13-14,23,32H,1,12H2/b24-22+. The van der Waals surface area contributed by atoms with Crippen molar-refractivity contribution in [3.63, 3.8) is 0 Å². The summed E-state index contributed by atoms with van der Waals surface area (Å²) in [6, 6.07) is 17.7. The van der Waals surface area contributed by atoms with Gasteiger partial charge in [0.1, 0.15) is 18.1 Å². The maximum atomic E-state index is 13.4. The van der Waals surface area contributed by atoms with Crippen LogP contribution in [0.15, 0.2) is 85.0 Å². The first-order chi connectivity index (χ1) is 17.4. The summed E-state index contributed by atoms with van der Waals surface area (Å²) in [5.74, 6) is -1.39. The summed E-state index contributed by atoms with van der Waals surface area (Å²) >= 11 is 13.4. The summed E-state index contributed by atoms with van der Waals surface area (Å²) in [5, 5.41) is 12.6. The molecular weight excluding hydrogens is 519 g/mol. The molecule has 9 heteroatoms. The molecule has 180 valence electrons. The summed E-state index contributed by atoms with van der Waals surface area (Å²) in [4.78, 5) is 32.7. The first-order valence-corrected chi connectivity index (χ1v) is 12.4. The Balaban J connectivity index is 1.71. The number of carbonyl (C=O) groups excluding carboxylic acids is 2. The number of carbonyl (C=O) groups is 2. The molecule has 1 fully saturated rings. The zero-order chi connectivity index (χ0) is 25.4. The van der Waals surface area contributed by atoms with Crippen LogP contribution in [0.5, 0.6) is 5.75 Å². The second-order valence-corrected chi connectivity index (χ2v) is 9.84. The maximum absolute atomic E-state index is 13.4. The first kappa shape index (κ1) is 24.1. The van der Waals surface area contributed by atoms with Crippen LogP contribution in [0.2, 0.25) is 10.0 Å². The summed E-state index contributed by atoms with van der Waals surface area (Å²) in [6.45, 7) is 3.95. The minimum absolute atomic E-state index is 0.0551. The van der Waals surface area contributed by atoms with Crippen molar-refractivity contribution >= 4 is 67.3 Å². The molecule has 0 radical (unpaired) electrons. The number of ether oxygens (including phenoxy) is 1. The zero-order valence-electron chi connectivity index (χ0n) is 18.7. The average Bonchev–Trinajstić information content (AvgIpc) is 3.40. The molecule has 6 nitrogen and oxygen atoms in total. The average molecular weight is 537 g/mol. The lowest BCUT2D eigenvalue weighted by atomic mass is 9.95.